The van der Waals surface area contributed by atoms with E-state index in [2.05, 4.69) is 5.43 Å². The normalized spacial score (nSPS) is 12.7. The fourth-order valence-corrected chi connectivity index (χ4v) is 1.70. The average Bonchev–Trinajstić information content (AvgIpc) is 2.71. The lowest BCUT2D eigenvalue weighted by atomic mass is 10.0. The molecule has 2 aromatic rings. The van der Waals surface area contributed by atoms with E-state index in [1.54, 1.807) is 0 Å². The van der Waals surface area contributed by atoms with Gasteiger partial charge in [-0.3, -0.25) is 5.84 Å². The van der Waals surface area contributed by atoms with Crippen molar-refractivity contribution < 1.29 is 13.2 Å². The molecule has 3 nitrogen and oxygen atoms in total. The van der Waals surface area contributed by atoms with E-state index in [1.165, 1.54) is 12.1 Å². The first kappa shape index (κ1) is 12.0. The molecule has 1 heterocycles. The molecule has 0 radical (unpaired) electrons. The van der Waals surface area contributed by atoms with E-state index >= 15 is 0 Å². The van der Waals surface area contributed by atoms with Gasteiger partial charge in [0.1, 0.15) is 23.4 Å². The summed E-state index contributed by atoms with van der Waals surface area (Å²) in [5, 5.41) is 0.150. The monoisotopic (exact) mass is 258 g/mol. The molecule has 0 fully saturated rings. The Bertz CT molecular complexity index is 530. The number of rotatable bonds is 3. The molecule has 0 spiro atoms. The Labute approximate surface area is 101 Å². The van der Waals surface area contributed by atoms with E-state index in [9.17, 15) is 8.78 Å². The predicted octanol–water partition coefficient (Wildman–Crippen LogP) is 2.76. The second kappa shape index (κ2) is 4.83. The summed E-state index contributed by atoms with van der Waals surface area (Å²) >= 11 is 5.62. The molecule has 0 aliphatic heterocycles. The Morgan fingerprint density at radius 1 is 1.24 bits per heavy atom. The van der Waals surface area contributed by atoms with Crippen molar-refractivity contribution in [1.82, 2.24) is 5.43 Å². The number of benzene rings is 1. The van der Waals surface area contributed by atoms with Crippen molar-refractivity contribution >= 4 is 11.6 Å². The summed E-state index contributed by atoms with van der Waals surface area (Å²) in [7, 11) is 0. The maximum absolute atomic E-state index is 13.6. The molecule has 3 N–H and O–H groups in total. The van der Waals surface area contributed by atoms with Gasteiger partial charge in [0.25, 0.3) is 0 Å². The van der Waals surface area contributed by atoms with Gasteiger partial charge in [-0.25, -0.2) is 14.2 Å². The highest BCUT2D eigenvalue weighted by Crippen LogP contribution is 2.27. The molecular weight excluding hydrogens is 250 g/mol. The molecule has 0 saturated carbocycles. The van der Waals surface area contributed by atoms with Gasteiger partial charge < -0.3 is 4.42 Å². The first-order valence-corrected chi connectivity index (χ1v) is 5.16. The number of halogens is 3. The van der Waals surface area contributed by atoms with E-state index in [0.717, 1.165) is 18.2 Å². The lowest BCUT2D eigenvalue weighted by Crippen LogP contribution is -2.29. The van der Waals surface area contributed by atoms with Gasteiger partial charge in [-0.2, -0.15) is 0 Å². The minimum Gasteiger partial charge on any atom is -0.448 e. The number of hydrogen-bond acceptors (Lipinski definition) is 3. The van der Waals surface area contributed by atoms with Gasteiger partial charge in [0, 0.05) is 5.56 Å². The molecule has 0 amide bonds. The highest BCUT2D eigenvalue weighted by Gasteiger charge is 2.20. The first-order valence-electron chi connectivity index (χ1n) is 4.78. The highest BCUT2D eigenvalue weighted by atomic mass is 35.5. The van der Waals surface area contributed by atoms with Gasteiger partial charge in [0.15, 0.2) is 5.22 Å². The van der Waals surface area contributed by atoms with Crippen molar-refractivity contribution in [1.29, 1.82) is 0 Å². The summed E-state index contributed by atoms with van der Waals surface area (Å²) in [6.07, 6.45) is 0. The zero-order valence-electron chi connectivity index (χ0n) is 8.58. The van der Waals surface area contributed by atoms with Gasteiger partial charge in [-0.05, 0) is 41.9 Å². The van der Waals surface area contributed by atoms with Crippen molar-refractivity contribution in [2.24, 2.45) is 5.84 Å². The minimum absolute atomic E-state index is 0.0542. The van der Waals surface area contributed by atoms with Crippen molar-refractivity contribution in [3.8, 4) is 0 Å². The van der Waals surface area contributed by atoms with Crippen LogP contribution in [0.4, 0.5) is 8.78 Å². The molecule has 90 valence electrons. The fourth-order valence-electron chi connectivity index (χ4n) is 1.54. The standard InChI is InChI=1S/C11H9ClF2N2O/c12-10-4-3-9(17-10)11(16-15)7-5-6(13)1-2-8(7)14/h1-5,11,16H,15H2. The number of hydrogen-bond donors (Lipinski definition) is 2. The Kier molecular flexibility index (Phi) is 3.42. The summed E-state index contributed by atoms with van der Waals surface area (Å²) in [6, 6.07) is 5.35. The summed E-state index contributed by atoms with van der Waals surface area (Å²) in [5.74, 6) is 4.49. The van der Waals surface area contributed by atoms with Crippen molar-refractivity contribution in [3.05, 3.63) is 58.5 Å². The third kappa shape index (κ3) is 2.46. The SMILES string of the molecule is NNC(c1ccc(Cl)o1)c1cc(F)ccc1F. The van der Waals surface area contributed by atoms with E-state index in [1.807, 2.05) is 0 Å². The summed E-state index contributed by atoms with van der Waals surface area (Å²) in [6.45, 7) is 0. The molecule has 0 bridgehead atoms. The molecule has 17 heavy (non-hydrogen) atoms. The number of furan rings is 1. The van der Waals surface area contributed by atoms with Gasteiger partial charge in [-0.1, -0.05) is 0 Å². The van der Waals surface area contributed by atoms with Crippen LogP contribution in [-0.4, -0.2) is 0 Å². The molecule has 2 rings (SSSR count). The van der Waals surface area contributed by atoms with Crippen molar-refractivity contribution in [3.63, 3.8) is 0 Å². The molecule has 1 aromatic heterocycles. The van der Waals surface area contributed by atoms with E-state index < -0.39 is 17.7 Å². The van der Waals surface area contributed by atoms with Crippen molar-refractivity contribution in [2.45, 2.75) is 6.04 Å². The van der Waals surface area contributed by atoms with E-state index in [0.29, 0.717) is 5.76 Å². The van der Waals surface area contributed by atoms with Crippen LogP contribution in [0.1, 0.15) is 17.4 Å². The molecular formula is C11H9ClF2N2O. The average molecular weight is 259 g/mol. The van der Waals surface area contributed by atoms with Crippen LogP contribution in [-0.2, 0) is 0 Å². The predicted molar refractivity (Wildman–Crippen MR) is 59.2 cm³/mol. The van der Waals surface area contributed by atoms with Crippen LogP contribution >= 0.6 is 11.6 Å². The molecule has 1 aromatic carbocycles. The van der Waals surface area contributed by atoms with Crippen LogP contribution in [0.5, 0.6) is 0 Å². The summed E-state index contributed by atoms with van der Waals surface area (Å²) in [4.78, 5) is 0. The Balaban J connectivity index is 2.45. The minimum atomic E-state index is -0.793. The topological polar surface area (TPSA) is 51.2 Å². The van der Waals surface area contributed by atoms with Crippen LogP contribution < -0.4 is 11.3 Å². The third-order valence-electron chi connectivity index (χ3n) is 2.31. The van der Waals surface area contributed by atoms with E-state index in [-0.39, 0.29) is 10.8 Å². The molecule has 1 unspecified atom stereocenters. The Morgan fingerprint density at radius 2 is 2.00 bits per heavy atom. The third-order valence-corrected chi connectivity index (χ3v) is 2.52. The molecule has 0 saturated heterocycles. The number of hydrazine groups is 1. The Morgan fingerprint density at radius 3 is 2.59 bits per heavy atom. The summed E-state index contributed by atoms with van der Waals surface area (Å²) in [5.41, 5.74) is 2.41. The fraction of sp³-hybridized carbons (Fsp3) is 0.0909. The second-order valence-electron chi connectivity index (χ2n) is 3.41. The molecule has 6 heteroatoms. The van der Waals surface area contributed by atoms with Gasteiger partial charge in [0.2, 0.25) is 0 Å². The number of nitrogens with two attached hydrogens (primary N) is 1. The zero-order valence-corrected chi connectivity index (χ0v) is 9.34. The second-order valence-corrected chi connectivity index (χ2v) is 3.78. The van der Waals surface area contributed by atoms with Crippen LogP contribution in [0.25, 0.3) is 0 Å². The highest BCUT2D eigenvalue weighted by molar-refractivity contribution is 6.28. The van der Waals surface area contributed by atoms with Crippen LogP contribution in [0.2, 0.25) is 5.22 Å². The van der Waals surface area contributed by atoms with Gasteiger partial charge in [0.05, 0.1) is 0 Å². The summed E-state index contributed by atoms with van der Waals surface area (Å²) < 4.78 is 31.8. The number of nitrogens with one attached hydrogen (secondary N) is 1. The zero-order chi connectivity index (χ0) is 12.4. The molecule has 0 aliphatic carbocycles. The lowest BCUT2D eigenvalue weighted by molar-refractivity contribution is 0.440. The Hall–Kier alpha value is -1.43. The quantitative estimate of drug-likeness (QED) is 0.657. The van der Waals surface area contributed by atoms with E-state index in [4.69, 9.17) is 21.9 Å². The molecule has 0 aliphatic rings. The lowest BCUT2D eigenvalue weighted by Gasteiger charge is -2.14. The first-order chi connectivity index (χ1) is 8.11. The van der Waals surface area contributed by atoms with Crippen LogP contribution in [0.3, 0.4) is 0 Å². The maximum atomic E-state index is 13.6. The maximum Gasteiger partial charge on any atom is 0.193 e. The van der Waals surface area contributed by atoms with Gasteiger partial charge >= 0.3 is 0 Å². The van der Waals surface area contributed by atoms with Crippen LogP contribution in [0.15, 0.2) is 34.7 Å². The smallest absolute Gasteiger partial charge is 0.193 e. The van der Waals surface area contributed by atoms with Gasteiger partial charge in [-0.15, -0.1) is 0 Å². The molecule has 1 atom stereocenters. The van der Waals surface area contributed by atoms with Crippen LogP contribution in [0, 0.1) is 11.6 Å². The largest absolute Gasteiger partial charge is 0.448 e. The van der Waals surface area contributed by atoms with Crippen molar-refractivity contribution in [2.75, 3.05) is 0 Å².